The monoisotopic (exact) mass is 106 g/mol. The van der Waals surface area contributed by atoms with Crippen LogP contribution in [-0.4, -0.2) is 11.9 Å². The molecule has 0 aliphatic rings. The lowest BCUT2D eigenvalue weighted by Crippen LogP contribution is -2.00. The molecule has 0 aliphatic heterocycles. The Morgan fingerprint density at radius 2 is 2.14 bits per heavy atom. The molecule has 4 heteroatoms. The topological polar surface area (TPSA) is 27.0 Å². The molecule has 7 heavy (non-hydrogen) atoms. The van der Waals surface area contributed by atoms with Crippen LogP contribution in [0.1, 0.15) is 6.42 Å². The quantitative estimate of drug-likeness (QED) is 0.490. The molecule has 0 aromatic heterocycles. The fourth-order valence-electron chi connectivity index (χ4n) is 0.135. The lowest BCUT2D eigenvalue weighted by atomic mass is 10.5. The molecule has 0 heterocycles. The molecular formula is C3H4F2N2. The zero-order chi connectivity index (χ0) is 5.70. The van der Waals surface area contributed by atoms with E-state index in [4.69, 9.17) is 5.26 Å². The van der Waals surface area contributed by atoms with Crippen LogP contribution >= 0.6 is 0 Å². The molecule has 0 aromatic carbocycles. The molecule has 0 atom stereocenters. The molecule has 0 N–H and O–H groups in total. The zero-order valence-electron chi connectivity index (χ0n) is 3.56. The summed E-state index contributed by atoms with van der Waals surface area (Å²) in [5, 5.41) is 6.69. The van der Waals surface area contributed by atoms with Gasteiger partial charge in [0.2, 0.25) is 0 Å². The van der Waals surface area contributed by atoms with Gasteiger partial charge in [0.25, 0.3) is 0 Å². The summed E-state index contributed by atoms with van der Waals surface area (Å²) in [6.45, 7) is -0.462. The van der Waals surface area contributed by atoms with Gasteiger partial charge in [0.1, 0.15) is 0 Å². The van der Waals surface area contributed by atoms with Gasteiger partial charge in [-0.05, 0) is 0 Å². The third-order valence-electron chi connectivity index (χ3n) is 0.393. The highest BCUT2D eigenvalue weighted by Crippen LogP contribution is 1.88. The molecule has 0 spiro atoms. The average molecular weight is 106 g/mol. The van der Waals surface area contributed by atoms with Gasteiger partial charge >= 0.3 is 0 Å². The average Bonchev–Trinajstić information content (AvgIpc) is 1.61. The Morgan fingerprint density at radius 1 is 1.57 bits per heavy atom. The highest BCUT2D eigenvalue weighted by Gasteiger charge is 1.93. The summed E-state index contributed by atoms with van der Waals surface area (Å²) in [6.07, 6.45) is -0.118. The van der Waals surface area contributed by atoms with Crippen molar-refractivity contribution in [3.63, 3.8) is 0 Å². The minimum Gasteiger partial charge on any atom is -0.198 e. The van der Waals surface area contributed by atoms with E-state index in [1.165, 1.54) is 0 Å². The molecular weight excluding hydrogens is 102 g/mol. The Kier molecular flexibility index (Phi) is 3.15. The summed E-state index contributed by atoms with van der Waals surface area (Å²) in [5.41, 5.74) is 0. The molecule has 0 unspecified atom stereocenters. The maximum absolute atomic E-state index is 10.9. The number of hydrogen-bond acceptors (Lipinski definition) is 2. The number of nitriles is 1. The van der Waals surface area contributed by atoms with Crippen LogP contribution in [0.4, 0.5) is 8.96 Å². The fraction of sp³-hybridized carbons (Fsp3) is 0.667. The van der Waals surface area contributed by atoms with Crippen LogP contribution in [0.2, 0.25) is 0 Å². The van der Waals surface area contributed by atoms with Crippen molar-refractivity contribution in [1.82, 2.24) is 5.34 Å². The van der Waals surface area contributed by atoms with E-state index in [2.05, 4.69) is 0 Å². The van der Waals surface area contributed by atoms with Crippen LogP contribution in [-0.2, 0) is 0 Å². The largest absolute Gasteiger partial charge is 0.198 e. The van der Waals surface area contributed by atoms with E-state index in [-0.39, 0.29) is 6.42 Å². The van der Waals surface area contributed by atoms with Crippen molar-refractivity contribution in [3.8, 4) is 6.07 Å². The van der Waals surface area contributed by atoms with E-state index in [1.54, 1.807) is 6.07 Å². The SMILES string of the molecule is N#CCCN(F)F. The fourth-order valence-corrected chi connectivity index (χ4v) is 0.135. The van der Waals surface area contributed by atoms with E-state index in [0.29, 0.717) is 0 Å². The number of rotatable bonds is 2. The van der Waals surface area contributed by atoms with Crippen molar-refractivity contribution in [2.24, 2.45) is 0 Å². The van der Waals surface area contributed by atoms with Gasteiger partial charge in [0, 0.05) is 5.34 Å². The first-order chi connectivity index (χ1) is 3.27. The number of hydrogen-bond donors (Lipinski definition) is 0. The number of halogens is 2. The smallest absolute Gasteiger partial charge is 0.0750 e. The van der Waals surface area contributed by atoms with Crippen molar-refractivity contribution < 1.29 is 8.96 Å². The molecule has 0 amide bonds. The van der Waals surface area contributed by atoms with Crippen LogP contribution < -0.4 is 0 Å². The van der Waals surface area contributed by atoms with Crippen molar-refractivity contribution in [1.29, 1.82) is 5.26 Å². The Bertz CT molecular complexity index is 75.5. The number of nitrogens with zero attached hydrogens (tertiary/aromatic N) is 2. The first-order valence-corrected chi connectivity index (χ1v) is 1.73. The Morgan fingerprint density at radius 3 is 2.29 bits per heavy atom. The molecule has 0 aliphatic carbocycles. The maximum Gasteiger partial charge on any atom is 0.0750 e. The summed E-state index contributed by atoms with van der Waals surface area (Å²) < 4.78 is 21.8. The summed E-state index contributed by atoms with van der Waals surface area (Å²) >= 11 is 0. The normalized spacial score (nSPS) is 8.86. The molecule has 0 aromatic rings. The lowest BCUT2D eigenvalue weighted by Gasteiger charge is -1.89. The van der Waals surface area contributed by atoms with E-state index >= 15 is 0 Å². The molecule has 0 radical (unpaired) electrons. The van der Waals surface area contributed by atoms with Gasteiger partial charge in [-0.3, -0.25) is 0 Å². The zero-order valence-corrected chi connectivity index (χ0v) is 3.56. The summed E-state index contributed by atoms with van der Waals surface area (Å²) in [7, 11) is 0. The molecule has 2 nitrogen and oxygen atoms in total. The second kappa shape index (κ2) is 3.50. The van der Waals surface area contributed by atoms with E-state index in [1.807, 2.05) is 0 Å². The third kappa shape index (κ3) is 5.31. The van der Waals surface area contributed by atoms with Crippen molar-refractivity contribution in [2.75, 3.05) is 6.54 Å². The predicted octanol–water partition coefficient (Wildman–Crippen LogP) is 0.971. The highest BCUT2D eigenvalue weighted by atomic mass is 19.4. The van der Waals surface area contributed by atoms with Crippen molar-refractivity contribution in [2.45, 2.75) is 6.42 Å². The van der Waals surface area contributed by atoms with Gasteiger partial charge in [-0.25, -0.2) is 0 Å². The van der Waals surface area contributed by atoms with Crippen LogP contribution in [0, 0.1) is 11.3 Å². The van der Waals surface area contributed by atoms with Gasteiger partial charge in [-0.2, -0.15) is 5.26 Å². The Labute approximate surface area is 39.8 Å². The molecule has 0 rings (SSSR count). The van der Waals surface area contributed by atoms with Crippen molar-refractivity contribution in [3.05, 3.63) is 0 Å². The molecule has 0 saturated heterocycles. The van der Waals surface area contributed by atoms with Crippen LogP contribution in [0.25, 0.3) is 0 Å². The minimum absolute atomic E-state index is 0.118. The van der Waals surface area contributed by atoms with Crippen LogP contribution in [0.3, 0.4) is 0 Å². The van der Waals surface area contributed by atoms with E-state index in [0.717, 1.165) is 0 Å². The van der Waals surface area contributed by atoms with Gasteiger partial charge in [0.05, 0.1) is 19.0 Å². The molecule has 40 valence electrons. The van der Waals surface area contributed by atoms with E-state index in [9.17, 15) is 8.96 Å². The lowest BCUT2D eigenvalue weighted by molar-refractivity contribution is -0.150. The summed E-state index contributed by atoms with van der Waals surface area (Å²) in [4.78, 5) is 0. The van der Waals surface area contributed by atoms with Crippen molar-refractivity contribution >= 4 is 0 Å². The second-order valence-electron chi connectivity index (χ2n) is 0.935. The summed E-state index contributed by atoms with van der Waals surface area (Å²) in [5.74, 6) is 0. The Balaban J connectivity index is 2.86. The first kappa shape index (κ1) is 6.31. The third-order valence-corrected chi connectivity index (χ3v) is 0.393. The second-order valence-corrected chi connectivity index (χ2v) is 0.935. The van der Waals surface area contributed by atoms with Gasteiger partial charge < -0.3 is 0 Å². The first-order valence-electron chi connectivity index (χ1n) is 1.73. The minimum atomic E-state index is -1.01. The van der Waals surface area contributed by atoms with Gasteiger partial charge in [-0.15, -0.1) is 8.96 Å². The summed E-state index contributed by atoms with van der Waals surface area (Å²) in [6, 6.07) is 1.58. The van der Waals surface area contributed by atoms with Gasteiger partial charge in [-0.1, -0.05) is 0 Å². The highest BCUT2D eigenvalue weighted by molar-refractivity contribution is 4.67. The standard InChI is InChI=1S/C3H4F2N2/c4-7(5)3-1-2-6/h1,3H2. The molecule has 0 saturated carbocycles. The maximum atomic E-state index is 10.9. The Hall–Kier alpha value is -0.690. The molecule has 0 fully saturated rings. The predicted molar refractivity (Wildman–Crippen MR) is 19.2 cm³/mol. The van der Waals surface area contributed by atoms with Gasteiger partial charge in [0.15, 0.2) is 0 Å². The molecule has 0 bridgehead atoms. The van der Waals surface area contributed by atoms with Crippen LogP contribution in [0.15, 0.2) is 0 Å². The van der Waals surface area contributed by atoms with E-state index < -0.39 is 11.9 Å². The van der Waals surface area contributed by atoms with Crippen LogP contribution in [0.5, 0.6) is 0 Å².